The van der Waals surface area contributed by atoms with Gasteiger partial charge in [-0.25, -0.2) is 4.98 Å². The standard InChI is InChI=1S/C18H23N3O2S/c1-15-2-3-17(23-15)4-5-18(22)21(16-6-12-24-13-7-16)11-10-20-9-8-19-14-20/h2-5,8-9,14,16H,6-7,10-13H2,1H3/b5-4+. The number of aryl methyl sites for hydroxylation is 1. The zero-order valence-corrected chi connectivity index (χ0v) is 14.7. The first-order valence-electron chi connectivity index (χ1n) is 8.31. The van der Waals surface area contributed by atoms with Crippen molar-refractivity contribution < 1.29 is 9.21 Å². The molecule has 2 aromatic rings. The Labute approximate surface area is 146 Å². The maximum absolute atomic E-state index is 12.7. The lowest BCUT2D eigenvalue weighted by Crippen LogP contribution is -2.43. The van der Waals surface area contributed by atoms with Crippen molar-refractivity contribution >= 4 is 23.7 Å². The van der Waals surface area contributed by atoms with Crippen LogP contribution in [0.3, 0.4) is 0 Å². The van der Waals surface area contributed by atoms with Crippen LogP contribution in [0.15, 0.2) is 41.3 Å². The Bertz CT molecular complexity index is 672. The molecule has 0 N–H and O–H groups in total. The summed E-state index contributed by atoms with van der Waals surface area (Å²) >= 11 is 1.97. The Hall–Kier alpha value is -1.95. The summed E-state index contributed by atoms with van der Waals surface area (Å²) in [4.78, 5) is 18.8. The molecule has 1 amide bonds. The Morgan fingerprint density at radius 3 is 2.96 bits per heavy atom. The van der Waals surface area contributed by atoms with E-state index >= 15 is 0 Å². The molecule has 0 radical (unpaired) electrons. The molecule has 6 heteroatoms. The fourth-order valence-electron chi connectivity index (χ4n) is 2.90. The van der Waals surface area contributed by atoms with Gasteiger partial charge in [-0.1, -0.05) is 0 Å². The minimum absolute atomic E-state index is 0.0565. The minimum atomic E-state index is 0.0565. The van der Waals surface area contributed by atoms with Gasteiger partial charge < -0.3 is 13.9 Å². The third kappa shape index (κ3) is 4.54. The number of imidazole rings is 1. The third-order valence-electron chi connectivity index (χ3n) is 4.22. The molecule has 1 aliphatic heterocycles. The summed E-state index contributed by atoms with van der Waals surface area (Å²) in [5, 5.41) is 0. The largest absolute Gasteiger partial charge is 0.462 e. The van der Waals surface area contributed by atoms with Crippen LogP contribution in [0, 0.1) is 6.92 Å². The van der Waals surface area contributed by atoms with Crippen molar-refractivity contribution in [3.8, 4) is 0 Å². The second kappa shape index (κ2) is 8.24. The van der Waals surface area contributed by atoms with E-state index in [-0.39, 0.29) is 5.91 Å². The Morgan fingerprint density at radius 2 is 2.29 bits per heavy atom. The van der Waals surface area contributed by atoms with Crippen LogP contribution in [0.5, 0.6) is 0 Å². The summed E-state index contributed by atoms with van der Waals surface area (Å²) in [7, 11) is 0. The number of amides is 1. The average Bonchev–Trinajstić information content (AvgIpc) is 3.26. The lowest BCUT2D eigenvalue weighted by atomic mass is 10.1. The molecule has 1 saturated heterocycles. The highest BCUT2D eigenvalue weighted by atomic mass is 32.2. The van der Waals surface area contributed by atoms with Crippen LogP contribution in [0.2, 0.25) is 0 Å². The van der Waals surface area contributed by atoms with Crippen LogP contribution in [-0.2, 0) is 11.3 Å². The zero-order valence-electron chi connectivity index (χ0n) is 13.9. The molecule has 128 valence electrons. The molecule has 0 saturated carbocycles. The molecule has 1 aliphatic rings. The van der Waals surface area contributed by atoms with Crippen LogP contribution in [0.1, 0.15) is 24.4 Å². The summed E-state index contributed by atoms with van der Waals surface area (Å²) < 4.78 is 7.52. The van der Waals surface area contributed by atoms with Crippen LogP contribution in [0.4, 0.5) is 0 Å². The van der Waals surface area contributed by atoms with E-state index in [4.69, 9.17) is 4.42 Å². The number of aromatic nitrogens is 2. The molecule has 5 nitrogen and oxygen atoms in total. The van der Waals surface area contributed by atoms with E-state index in [1.165, 1.54) is 0 Å². The predicted molar refractivity (Wildman–Crippen MR) is 96.8 cm³/mol. The van der Waals surface area contributed by atoms with Crippen molar-refractivity contribution in [3.05, 3.63) is 48.5 Å². The SMILES string of the molecule is Cc1ccc(/C=C/C(=O)N(CCn2ccnc2)C2CCSCC2)o1. The fourth-order valence-corrected chi connectivity index (χ4v) is 3.99. The number of carbonyl (C=O) groups is 1. The summed E-state index contributed by atoms with van der Waals surface area (Å²) in [6, 6.07) is 4.11. The lowest BCUT2D eigenvalue weighted by Gasteiger charge is -2.33. The molecule has 3 rings (SSSR count). The van der Waals surface area contributed by atoms with E-state index in [0.717, 1.165) is 42.4 Å². The number of rotatable bonds is 6. The summed E-state index contributed by atoms with van der Waals surface area (Å²) in [5.74, 6) is 3.88. The van der Waals surface area contributed by atoms with E-state index in [9.17, 15) is 4.79 Å². The fraction of sp³-hybridized carbons (Fsp3) is 0.444. The van der Waals surface area contributed by atoms with Gasteiger partial charge >= 0.3 is 0 Å². The van der Waals surface area contributed by atoms with Crippen molar-refractivity contribution in [2.75, 3.05) is 18.1 Å². The lowest BCUT2D eigenvalue weighted by molar-refractivity contribution is -0.128. The molecule has 2 aromatic heterocycles. The van der Waals surface area contributed by atoms with Gasteiger partial charge in [0.1, 0.15) is 11.5 Å². The van der Waals surface area contributed by atoms with E-state index in [1.807, 2.05) is 46.5 Å². The summed E-state index contributed by atoms with van der Waals surface area (Å²) in [5.41, 5.74) is 0. The summed E-state index contributed by atoms with van der Waals surface area (Å²) in [6.07, 6.45) is 11.0. The van der Waals surface area contributed by atoms with Crippen molar-refractivity contribution in [2.24, 2.45) is 0 Å². The Balaban J connectivity index is 1.67. The van der Waals surface area contributed by atoms with Crippen molar-refractivity contribution in [1.82, 2.24) is 14.5 Å². The average molecular weight is 345 g/mol. The van der Waals surface area contributed by atoms with E-state index in [0.29, 0.717) is 12.6 Å². The maximum Gasteiger partial charge on any atom is 0.247 e. The van der Waals surface area contributed by atoms with Gasteiger partial charge in [0.15, 0.2) is 0 Å². The molecule has 0 aliphatic carbocycles. The Kier molecular flexibility index (Phi) is 5.80. The molecular formula is C18H23N3O2S. The highest BCUT2D eigenvalue weighted by molar-refractivity contribution is 7.99. The molecule has 0 spiro atoms. The minimum Gasteiger partial charge on any atom is -0.462 e. The van der Waals surface area contributed by atoms with Crippen LogP contribution in [-0.4, -0.2) is 44.5 Å². The molecule has 0 atom stereocenters. The van der Waals surface area contributed by atoms with Gasteiger partial charge in [0.25, 0.3) is 0 Å². The van der Waals surface area contributed by atoms with E-state index < -0.39 is 0 Å². The number of nitrogens with zero attached hydrogens (tertiary/aromatic N) is 3. The van der Waals surface area contributed by atoms with Gasteiger partial charge in [-0.2, -0.15) is 11.8 Å². The second-order valence-corrected chi connectivity index (χ2v) is 7.18. The van der Waals surface area contributed by atoms with Gasteiger partial charge in [-0.3, -0.25) is 4.79 Å². The van der Waals surface area contributed by atoms with Crippen LogP contribution >= 0.6 is 11.8 Å². The van der Waals surface area contributed by atoms with Crippen LogP contribution < -0.4 is 0 Å². The monoisotopic (exact) mass is 345 g/mol. The highest BCUT2D eigenvalue weighted by Gasteiger charge is 2.24. The first kappa shape index (κ1) is 16.9. The maximum atomic E-state index is 12.7. The quantitative estimate of drug-likeness (QED) is 0.754. The first-order chi connectivity index (χ1) is 11.7. The molecule has 1 fully saturated rings. The topological polar surface area (TPSA) is 51.3 Å². The number of thioether (sulfide) groups is 1. The number of carbonyl (C=O) groups excluding carboxylic acids is 1. The van der Waals surface area contributed by atoms with Gasteiger partial charge in [-0.15, -0.1) is 0 Å². The predicted octanol–water partition coefficient (Wildman–Crippen LogP) is 3.22. The van der Waals surface area contributed by atoms with Crippen molar-refractivity contribution in [2.45, 2.75) is 32.4 Å². The van der Waals surface area contributed by atoms with E-state index in [2.05, 4.69) is 4.98 Å². The van der Waals surface area contributed by atoms with Crippen molar-refractivity contribution in [3.63, 3.8) is 0 Å². The molecule has 0 aromatic carbocycles. The smallest absolute Gasteiger partial charge is 0.247 e. The third-order valence-corrected chi connectivity index (χ3v) is 5.27. The van der Waals surface area contributed by atoms with Gasteiger partial charge in [0.2, 0.25) is 5.91 Å². The van der Waals surface area contributed by atoms with Gasteiger partial charge in [0.05, 0.1) is 6.33 Å². The highest BCUT2D eigenvalue weighted by Crippen LogP contribution is 2.22. The second-order valence-electron chi connectivity index (χ2n) is 5.96. The van der Waals surface area contributed by atoms with Gasteiger partial charge in [-0.05, 0) is 49.5 Å². The molecule has 24 heavy (non-hydrogen) atoms. The van der Waals surface area contributed by atoms with Crippen molar-refractivity contribution in [1.29, 1.82) is 0 Å². The Morgan fingerprint density at radius 1 is 1.46 bits per heavy atom. The molecule has 3 heterocycles. The number of hydrogen-bond acceptors (Lipinski definition) is 4. The normalized spacial score (nSPS) is 15.9. The van der Waals surface area contributed by atoms with E-state index in [1.54, 1.807) is 24.7 Å². The van der Waals surface area contributed by atoms with Crippen LogP contribution in [0.25, 0.3) is 6.08 Å². The van der Waals surface area contributed by atoms with Gasteiger partial charge in [0, 0.05) is 37.6 Å². The first-order valence-corrected chi connectivity index (χ1v) is 9.46. The summed E-state index contributed by atoms with van der Waals surface area (Å²) in [6.45, 7) is 3.37. The molecule has 0 unspecified atom stereocenters. The molecule has 0 bridgehead atoms. The number of hydrogen-bond donors (Lipinski definition) is 0. The number of furan rings is 1. The molecular weight excluding hydrogens is 322 g/mol. The zero-order chi connectivity index (χ0) is 16.8.